The Bertz CT molecular complexity index is 383. The second kappa shape index (κ2) is 5.14. The van der Waals surface area contributed by atoms with Gasteiger partial charge >= 0.3 is 0 Å². The van der Waals surface area contributed by atoms with Crippen LogP contribution < -0.4 is 11.1 Å². The molecule has 0 bridgehead atoms. The van der Waals surface area contributed by atoms with E-state index in [1.807, 2.05) is 0 Å². The van der Waals surface area contributed by atoms with E-state index >= 15 is 0 Å². The van der Waals surface area contributed by atoms with Crippen LogP contribution in [0.4, 0.5) is 11.4 Å². The summed E-state index contributed by atoms with van der Waals surface area (Å²) in [5.74, 6) is 1.56. The van der Waals surface area contributed by atoms with Crippen LogP contribution in [0.5, 0.6) is 0 Å². The molecule has 1 saturated heterocycles. The molecule has 0 aliphatic carbocycles. The van der Waals surface area contributed by atoms with Crippen LogP contribution in [0.1, 0.15) is 12.8 Å². The van der Waals surface area contributed by atoms with Crippen LogP contribution >= 0.6 is 15.9 Å². The van der Waals surface area contributed by atoms with Crippen molar-refractivity contribution in [1.29, 1.82) is 0 Å². The third kappa shape index (κ3) is 2.74. The van der Waals surface area contributed by atoms with Gasteiger partial charge in [0.1, 0.15) is 0 Å². The minimum absolute atomic E-state index is 0.360. The van der Waals surface area contributed by atoms with E-state index in [0.717, 1.165) is 34.5 Å². The molecule has 1 aliphatic heterocycles. The molecule has 2 heterocycles. The maximum Gasteiger partial charge on any atom is 0.0752 e. The first-order chi connectivity index (χ1) is 7.66. The van der Waals surface area contributed by atoms with Crippen LogP contribution in [0.3, 0.4) is 0 Å². The lowest BCUT2D eigenvalue weighted by Gasteiger charge is -2.24. The van der Waals surface area contributed by atoms with Gasteiger partial charge in [-0.2, -0.15) is 0 Å². The summed E-state index contributed by atoms with van der Waals surface area (Å²) in [7, 11) is -0.625. The van der Waals surface area contributed by atoms with Crippen molar-refractivity contribution in [3.63, 3.8) is 0 Å². The molecule has 0 atom stereocenters. The van der Waals surface area contributed by atoms with Gasteiger partial charge in [0, 0.05) is 34.5 Å². The number of nitrogen functional groups attached to an aromatic ring is 1. The largest absolute Gasteiger partial charge is 0.396 e. The fourth-order valence-electron chi connectivity index (χ4n) is 1.74. The van der Waals surface area contributed by atoms with Crippen LogP contribution in [0, 0.1) is 0 Å². The van der Waals surface area contributed by atoms with Crippen LogP contribution in [-0.4, -0.2) is 26.7 Å². The molecule has 0 radical (unpaired) electrons. The van der Waals surface area contributed by atoms with Gasteiger partial charge in [-0.15, -0.1) is 0 Å². The van der Waals surface area contributed by atoms with Crippen molar-refractivity contribution in [3.05, 3.63) is 16.9 Å². The van der Waals surface area contributed by atoms with Crippen molar-refractivity contribution in [1.82, 2.24) is 4.98 Å². The molecule has 2 rings (SSSR count). The van der Waals surface area contributed by atoms with E-state index < -0.39 is 10.8 Å². The average Bonchev–Trinajstić information content (AvgIpc) is 2.26. The van der Waals surface area contributed by atoms with E-state index in [-0.39, 0.29) is 0 Å². The van der Waals surface area contributed by atoms with Crippen molar-refractivity contribution in [3.8, 4) is 0 Å². The van der Waals surface area contributed by atoms with E-state index in [9.17, 15) is 4.21 Å². The summed E-state index contributed by atoms with van der Waals surface area (Å²) in [6, 6.07) is 0.360. The highest BCUT2D eigenvalue weighted by Gasteiger charge is 2.19. The lowest BCUT2D eigenvalue weighted by atomic mass is 10.1. The standard InChI is InChI=1S/C10H14BrN3OS/c11-8-5-13-6-9(12)10(8)14-7-1-3-16(15)4-2-7/h5-7H,1-4,12H2,(H,13,14). The Balaban J connectivity index is 2.06. The summed E-state index contributed by atoms with van der Waals surface area (Å²) >= 11 is 3.42. The number of anilines is 2. The fourth-order valence-corrected chi connectivity index (χ4v) is 3.51. The fraction of sp³-hybridized carbons (Fsp3) is 0.500. The molecule has 6 heteroatoms. The van der Waals surface area contributed by atoms with Crippen LogP contribution in [0.15, 0.2) is 16.9 Å². The second-order valence-corrected chi connectivity index (χ2v) is 6.40. The monoisotopic (exact) mass is 303 g/mol. The highest BCUT2D eigenvalue weighted by molar-refractivity contribution is 9.10. The topological polar surface area (TPSA) is 68.0 Å². The quantitative estimate of drug-likeness (QED) is 0.873. The van der Waals surface area contributed by atoms with Gasteiger partial charge in [-0.25, -0.2) is 0 Å². The maximum atomic E-state index is 11.2. The zero-order valence-corrected chi connectivity index (χ0v) is 11.2. The third-order valence-electron chi connectivity index (χ3n) is 2.67. The molecule has 0 saturated carbocycles. The molecule has 0 unspecified atom stereocenters. The smallest absolute Gasteiger partial charge is 0.0752 e. The summed E-state index contributed by atoms with van der Waals surface area (Å²) in [6.45, 7) is 0. The highest BCUT2D eigenvalue weighted by atomic mass is 79.9. The number of nitrogens with two attached hydrogens (primary N) is 1. The Kier molecular flexibility index (Phi) is 3.81. The summed E-state index contributed by atoms with van der Waals surface area (Å²) in [5.41, 5.74) is 7.39. The van der Waals surface area contributed by atoms with Crippen molar-refractivity contribution in [2.24, 2.45) is 0 Å². The number of hydrogen-bond acceptors (Lipinski definition) is 4. The Hall–Kier alpha value is -0.620. The zero-order chi connectivity index (χ0) is 11.5. The Labute approximate surface area is 106 Å². The van der Waals surface area contributed by atoms with E-state index in [1.54, 1.807) is 12.4 Å². The molecule has 1 aromatic rings. The minimum atomic E-state index is -0.625. The summed E-state index contributed by atoms with van der Waals surface area (Å²) in [5, 5.41) is 3.39. The molecule has 88 valence electrons. The first-order valence-electron chi connectivity index (χ1n) is 5.17. The molecule has 1 aromatic heterocycles. The van der Waals surface area contributed by atoms with E-state index in [1.165, 1.54) is 0 Å². The predicted molar refractivity (Wildman–Crippen MR) is 70.9 cm³/mol. The van der Waals surface area contributed by atoms with Crippen LogP contribution in [0.25, 0.3) is 0 Å². The zero-order valence-electron chi connectivity index (χ0n) is 8.78. The molecule has 1 aliphatic rings. The predicted octanol–water partition coefficient (Wildman–Crippen LogP) is 1.75. The lowest BCUT2D eigenvalue weighted by molar-refractivity contribution is 0.624. The van der Waals surface area contributed by atoms with E-state index in [0.29, 0.717) is 11.7 Å². The lowest BCUT2D eigenvalue weighted by Crippen LogP contribution is -2.29. The number of halogens is 1. The van der Waals surface area contributed by atoms with Crippen LogP contribution in [-0.2, 0) is 10.8 Å². The maximum absolute atomic E-state index is 11.2. The number of nitrogens with one attached hydrogen (secondary N) is 1. The number of rotatable bonds is 2. The van der Waals surface area contributed by atoms with E-state index in [2.05, 4.69) is 26.2 Å². The molecular weight excluding hydrogens is 290 g/mol. The van der Waals surface area contributed by atoms with Crippen molar-refractivity contribution < 1.29 is 4.21 Å². The van der Waals surface area contributed by atoms with Gasteiger partial charge in [-0.1, -0.05) is 0 Å². The SMILES string of the molecule is Nc1cncc(Br)c1NC1CCS(=O)CC1. The number of pyridine rings is 1. The average molecular weight is 304 g/mol. The number of nitrogens with zero attached hydrogens (tertiary/aromatic N) is 1. The molecule has 1 fully saturated rings. The molecule has 0 spiro atoms. The molecule has 3 N–H and O–H groups in total. The normalized spacial score (nSPS) is 25.3. The third-order valence-corrected chi connectivity index (χ3v) is 4.65. The molecule has 0 amide bonds. The van der Waals surface area contributed by atoms with Crippen molar-refractivity contribution >= 4 is 38.1 Å². The molecule has 4 nitrogen and oxygen atoms in total. The summed E-state index contributed by atoms with van der Waals surface area (Å²) in [6.07, 6.45) is 5.22. The first-order valence-corrected chi connectivity index (χ1v) is 7.45. The Morgan fingerprint density at radius 1 is 1.44 bits per heavy atom. The van der Waals surface area contributed by atoms with Gasteiger partial charge < -0.3 is 11.1 Å². The number of aromatic nitrogens is 1. The van der Waals surface area contributed by atoms with Crippen molar-refractivity contribution in [2.45, 2.75) is 18.9 Å². The highest BCUT2D eigenvalue weighted by Crippen LogP contribution is 2.29. The van der Waals surface area contributed by atoms with E-state index in [4.69, 9.17) is 5.73 Å². The van der Waals surface area contributed by atoms with Crippen molar-refractivity contribution in [2.75, 3.05) is 22.6 Å². The van der Waals surface area contributed by atoms with Crippen LogP contribution in [0.2, 0.25) is 0 Å². The first kappa shape index (κ1) is 11.9. The van der Waals surface area contributed by atoms with Gasteiger partial charge in [-0.3, -0.25) is 9.19 Å². The summed E-state index contributed by atoms with van der Waals surface area (Å²) in [4.78, 5) is 3.99. The van der Waals surface area contributed by atoms with Gasteiger partial charge in [0.05, 0.1) is 22.0 Å². The Morgan fingerprint density at radius 2 is 2.12 bits per heavy atom. The van der Waals surface area contributed by atoms with Gasteiger partial charge in [0.25, 0.3) is 0 Å². The number of hydrogen-bond donors (Lipinski definition) is 2. The Morgan fingerprint density at radius 3 is 2.75 bits per heavy atom. The van der Waals surface area contributed by atoms with Gasteiger partial charge in [0.2, 0.25) is 0 Å². The molecule has 0 aromatic carbocycles. The minimum Gasteiger partial charge on any atom is -0.396 e. The summed E-state index contributed by atoms with van der Waals surface area (Å²) < 4.78 is 12.1. The van der Waals surface area contributed by atoms with Gasteiger partial charge in [-0.05, 0) is 28.8 Å². The molecular formula is C10H14BrN3OS. The second-order valence-electron chi connectivity index (χ2n) is 3.85. The molecule has 16 heavy (non-hydrogen) atoms. The van der Waals surface area contributed by atoms with Gasteiger partial charge in [0.15, 0.2) is 0 Å².